The first kappa shape index (κ1) is 12.4. The molecule has 0 aromatic carbocycles. The standard InChI is InChI=1S/C12H12ClN3S/c1-8(14)9-4-2-6-15-11(9)17-12-10(13)5-3-7-16-12/h2-8H,14H2,1H3/t8-/m0/s1. The lowest BCUT2D eigenvalue weighted by Crippen LogP contribution is -2.07. The van der Waals surface area contributed by atoms with Gasteiger partial charge in [0.2, 0.25) is 0 Å². The Morgan fingerprint density at radius 2 is 1.82 bits per heavy atom. The quantitative estimate of drug-likeness (QED) is 0.925. The van der Waals surface area contributed by atoms with Crippen molar-refractivity contribution in [2.75, 3.05) is 0 Å². The van der Waals surface area contributed by atoms with Crippen LogP contribution in [0.1, 0.15) is 18.5 Å². The van der Waals surface area contributed by atoms with Crippen LogP contribution >= 0.6 is 23.4 Å². The van der Waals surface area contributed by atoms with E-state index in [1.54, 1.807) is 18.5 Å². The van der Waals surface area contributed by atoms with E-state index in [2.05, 4.69) is 9.97 Å². The lowest BCUT2D eigenvalue weighted by Gasteiger charge is -2.10. The molecule has 17 heavy (non-hydrogen) atoms. The molecule has 0 aliphatic rings. The van der Waals surface area contributed by atoms with Gasteiger partial charge in [0.05, 0.1) is 5.02 Å². The van der Waals surface area contributed by atoms with Crippen molar-refractivity contribution in [3.05, 3.63) is 47.2 Å². The SMILES string of the molecule is C[C@H](N)c1cccnc1Sc1ncccc1Cl. The summed E-state index contributed by atoms with van der Waals surface area (Å²) in [4.78, 5) is 8.54. The van der Waals surface area contributed by atoms with Crippen LogP contribution in [0.25, 0.3) is 0 Å². The van der Waals surface area contributed by atoms with Gasteiger partial charge in [0, 0.05) is 24.0 Å². The minimum Gasteiger partial charge on any atom is -0.324 e. The first-order valence-corrected chi connectivity index (χ1v) is 6.37. The maximum atomic E-state index is 6.06. The van der Waals surface area contributed by atoms with E-state index in [0.717, 1.165) is 15.6 Å². The van der Waals surface area contributed by atoms with Gasteiger partial charge in [-0.05, 0) is 36.9 Å². The summed E-state index contributed by atoms with van der Waals surface area (Å²) in [6, 6.07) is 7.40. The molecule has 0 saturated heterocycles. The monoisotopic (exact) mass is 265 g/mol. The highest BCUT2D eigenvalue weighted by Gasteiger charge is 2.11. The lowest BCUT2D eigenvalue weighted by molar-refractivity contribution is 0.779. The normalized spacial score (nSPS) is 12.4. The number of aromatic nitrogens is 2. The summed E-state index contributed by atoms with van der Waals surface area (Å²) >= 11 is 7.50. The smallest absolute Gasteiger partial charge is 0.121 e. The first-order chi connectivity index (χ1) is 8.18. The van der Waals surface area contributed by atoms with E-state index in [0.29, 0.717) is 5.02 Å². The fraction of sp³-hybridized carbons (Fsp3) is 0.167. The van der Waals surface area contributed by atoms with Gasteiger partial charge in [0.15, 0.2) is 0 Å². The summed E-state index contributed by atoms with van der Waals surface area (Å²) in [5.74, 6) is 0. The topological polar surface area (TPSA) is 51.8 Å². The zero-order valence-electron chi connectivity index (χ0n) is 9.30. The van der Waals surface area contributed by atoms with Gasteiger partial charge in [-0.1, -0.05) is 17.7 Å². The third-order valence-electron chi connectivity index (χ3n) is 2.21. The van der Waals surface area contributed by atoms with Gasteiger partial charge in [-0.3, -0.25) is 0 Å². The molecule has 2 N–H and O–H groups in total. The van der Waals surface area contributed by atoms with Crippen LogP contribution < -0.4 is 5.73 Å². The van der Waals surface area contributed by atoms with Gasteiger partial charge < -0.3 is 5.73 Å². The van der Waals surface area contributed by atoms with E-state index in [9.17, 15) is 0 Å². The van der Waals surface area contributed by atoms with Gasteiger partial charge in [-0.15, -0.1) is 0 Å². The summed E-state index contributed by atoms with van der Waals surface area (Å²) in [5.41, 5.74) is 6.90. The minimum absolute atomic E-state index is 0.0614. The Balaban J connectivity index is 2.34. The van der Waals surface area contributed by atoms with E-state index < -0.39 is 0 Å². The molecule has 2 aromatic heterocycles. The molecule has 2 aromatic rings. The van der Waals surface area contributed by atoms with Gasteiger partial charge in [0.1, 0.15) is 10.1 Å². The fourth-order valence-corrected chi connectivity index (χ4v) is 2.56. The number of halogens is 1. The number of hydrogen-bond acceptors (Lipinski definition) is 4. The largest absolute Gasteiger partial charge is 0.324 e. The molecule has 1 atom stereocenters. The van der Waals surface area contributed by atoms with Crippen LogP contribution in [-0.4, -0.2) is 9.97 Å². The highest BCUT2D eigenvalue weighted by atomic mass is 35.5. The van der Waals surface area contributed by atoms with Crippen LogP contribution in [0.3, 0.4) is 0 Å². The summed E-state index contributed by atoms with van der Waals surface area (Å²) in [6.07, 6.45) is 3.45. The van der Waals surface area contributed by atoms with E-state index in [1.165, 1.54) is 11.8 Å². The molecule has 2 heterocycles. The molecule has 0 amide bonds. The number of nitrogens with two attached hydrogens (primary N) is 1. The second-order valence-corrected chi connectivity index (χ2v) is 4.96. The first-order valence-electron chi connectivity index (χ1n) is 5.17. The predicted octanol–water partition coefficient (Wildman–Crippen LogP) is 3.30. The Bertz CT molecular complexity index is 517. The van der Waals surface area contributed by atoms with Crippen molar-refractivity contribution in [3.63, 3.8) is 0 Å². The zero-order valence-corrected chi connectivity index (χ0v) is 10.9. The van der Waals surface area contributed by atoms with Crippen LogP contribution in [-0.2, 0) is 0 Å². The van der Waals surface area contributed by atoms with Crippen molar-refractivity contribution >= 4 is 23.4 Å². The van der Waals surface area contributed by atoms with Crippen molar-refractivity contribution < 1.29 is 0 Å². The Kier molecular flexibility index (Phi) is 3.99. The Labute approximate surface area is 109 Å². The Morgan fingerprint density at radius 3 is 2.47 bits per heavy atom. The summed E-state index contributed by atoms with van der Waals surface area (Å²) < 4.78 is 0. The van der Waals surface area contributed by atoms with Gasteiger partial charge in [-0.25, -0.2) is 9.97 Å². The molecular formula is C12H12ClN3S. The summed E-state index contributed by atoms with van der Waals surface area (Å²) in [6.45, 7) is 1.93. The van der Waals surface area contributed by atoms with Gasteiger partial charge >= 0.3 is 0 Å². The molecule has 3 nitrogen and oxygen atoms in total. The number of rotatable bonds is 3. The van der Waals surface area contributed by atoms with Crippen LogP contribution in [0.15, 0.2) is 46.7 Å². The second-order valence-electron chi connectivity index (χ2n) is 3.58. The third-order valence-corrected chi connectivity index (χ3v) is 3.68. The minimum atomic E-state index is -0.0614. The molecule has 88 valence electrons. The average molecular weight is 266 g/mol. The summed E-state index contributed by atoms with van der Waals surface area (Å²) in [7, 11) is 0. The molecule has 0 aliphatic carbocycles. The maximum Gasteiger partial charge on any atom is 0.121 e. The van der Waals surface area contributed by atoms with Crippen molar-refractivity contribution in [1.82, 2.24) is 9.97 Å². The van der Waals surface area contributed by atoms with Crippen molar-refractivity contribution in [2.45, 2.75) is 23.0 Å². The van der Waals surface area contributed by atoms with Crippen LogP contribution in [0.5, 0.6) is 0 Å². The van der Waals surface area contributed by atoms with Crippen molar-refractivity contribution in [1.29, 1.82) is 0 Å². The molecule has 0 fully saturated rings. The average Bonchev–Trinajstić information content (AvgIpc) is 2.32. The van der Waals surface area contributed by atoms with E-state index in [-0.39, 0.29) is 6.04 Å². The molecule has 0 aliphatic heterocycles. The molecule has 0 spiro atoms. The molecule has 0 bridgehead atoms. The van der Waals surface area contributed by atoms with Gasteiger partial charge in [0.25, 0.3) is 0 Å². The maximum absolute atomic E-state index is 6.06. The number of hydrogen-bond donors (Lipinski definition) is 1. The second kappa shape index (κ2) is 5.49. The lowest BCUT2D eigenvalue weighted by atomic mass is 10.2. The Morgan fingerprint density at radius 1 is 1.18 bits per heavy atom. The van der Waals surface area contributed by atoms with E-state index >= 15 is 0 Å². The highest BCUT2D eigenvalue weighted by molar-refractivity contribution is 7.99. The Hall–Kier alpha value is -1.10. The van der Waals surface area contributed by atoms with Crippen LogP contribution in [0.4, 0.5) is 0 Å². The molecule has 0 saturated carbocycles. The molecular weight excluding hydrogens is 254 g/mol. The number of nitrogens with zero attached hydrogens (tertiary/aromatic N) is 2. The van der Waals surface area contributed by atoms with Crippen LogP contribution in [0.2, 0.25) is 5.02 Å². The number of pyridine rings is 2. The molecule has 2 rings (SSSR count). The van der Waals surface area contributed by atoms with E-state index in [4.69, 9.17) is 17.3 Å². The molecule has 0 unspecified atom stereocenters. The van der Waals surface area contributed by atoms with Crippen molar-refractivity contribution in [2.24, 2.45) is 5.73 Å². The highest BCUT2D eigenvalue weighted by Crippen LogP contribution is 2.33. The zero-order chi connectivity index (χ0) is 12.3. The predicted molar refractivity (Wildman–Crippen MR) is 70.2 cm³/mol. The molecule has 5 heteroatoms. The molecule has 0 radical (unpaired) electrons. The third kappa shape index (κ3) is 2.97. The summed E-state index contributed by atoms with van der Waals surface area (Å²) in [5, 5.41) is 2.22. The van der Waals surface area contributed by atoms with E-state index in [1.807, 2.05) is 25.1 Å². The van der Waals surface area contributed by atoms with Crippen LogP contribution in [0, 0.1) is 0 Å². The fourth-order valence-electron chi connectivity index (χ4n) is 1.37. The van der Waals surface area contributed by atoms with Gasteiger partial charge in [-0.2, -0.15) is 0 Å². The van der Waals surface area contributed by atoms with Crippen molar-refractivity contribution in [3.8, 4) is 0 Å².